The van der Waals surface area contributed by atoms with Gasteiger partial charge < -0.3 is 15.4 Å². The molecule has 0 fully saturated rings. The van der Waals surface area contributed by atoms with Crippen LogP contribution in [0.25, 0.3) is 0 Å². The van der Waals surface area contributed by atoms with Crippen LogP contribution < -0.4 is 10.5 Å². The molecule has 0 aromatic heterocycles. The Balaban J connectivity index is 2.70. The molecule has 1 aromatic carbocycles. The zero-order chi connectivity index (χ0) is 15.1. The SMILES string of the molecule is CCC(N)Cc1cccc(Br)c1OCCC(=O)N(C)C. The Hall–Kier alpha value is -1.07. The van der Waals surface area contributed by atoms with Gasteiger partial charge >= 0.3 is 0 Å². The van der Waals surface area contributed by atoms with Crippen LogP contribution in [0.5, 0.6) is 5.75 Å². The normalized spacial score (nSPS) is 12.1. The van der Waals surface area contributed by atoms with Gasteiger partial charge in [-0.3, -0.25) is 4.79 Å². The molecule has 20 heavy (non-hydrogen) atoms. The van der Waals surface area contributed by atoms with Crippen molar-refractivity contribution in [1.82, 2.24) is 4.90 Å². The van der Waals surface area contributed by atoms with Gasteiger partial charge in [-0.1, -0.05) is 19.1 Å². The van der Waals surface area contributed by atoms with Crippen LogP contribution >= 0.6 is 15.9 Å². The lowest BCUT2D eigenvalue weighted by molar-refractivity contribution is -0.129. The second-order valence-corrected chi connectivity index (χ2v) is 5.84. The number of carbonyl (C=O) groups is 1. The van der Waals surface area contributed by atoms with Gasteiger partial charge in [0.25, 0.3) is 0 Å². The van der Waals surface area contributed by atoms with E-state index in [9.17, 15) is 4.79 Å². The van der Waals surface area contributed by atoms with E-state index in [1.165, 1.54) is 0 Å². The van der Waals surface area contributed by atoms with Gasteiger partial charge in [0.05, 0.1) is 17.5 Å². The Morgan fingerprint density at radius 3 is 2.75 bits per heavy atom. The highest BCUT2D eigenvalue weighted by Crippen LogP contribution is 2.30. The highest BCUT2D eigenvalue weighted by molar-refractivity contribution is 9.10. The molecule has 1 atom stereocenters. The molecule has 1 amide bonds. The molecule has 0 bridgehead atoms. The topological polar surface area (TPSA) is 55.6 Å². The number of nitrogens with zero attached hydrogens (tertiary/aromatic N) is 1. The van der Waals surface area contributed by atoms with Gasteiger partial charge in [-0.05, 0) is 40.4 Å². The molecule has 0 aliphatic carbocycles. The van der Waals surface area contributed by atoms with E-state index in [1.807, 2.05) is 18.2 Å². The largest absolute Gasteiger partial charge is 0.492 e. The van der Waals surface area contributed by atoms with E-state index in [1.54, 1.807) is 19.0 Å². The van der Waals surface area contributed by atoms with Crippen LogP contribution in [-0.2, 0) is 11.2 Å². The van der Waals surface area contributed by atoms with E-state index in [0.717, 1.165) is 28.6 Å². The number of nitrogens with two attached hydrogens (primary N) is 1. The summed E-state index contributed by atoms with van der Waals surface area (Å²) in [6.45, 7) is 2.44. The summed E-state index contributed by atoms with van der Waals surface area (Å²) in [4.78, 5) is 13.1. The first-order chi connectivity index (χ1) is 9.45. The molecular formula is C15H23BrN2O2. The monoisotopic (exact) mass is 342 g/mol. The number of ether oxygens (including phenoxy) is 1. The van der Waals surface area contributed by atoms with E-state index in [-0.39, 0.29) is 11.9 Å². The molecule has 1 aromatic rings. The minimum atomic E-state index is 0.0591. The summed E-state index contributed by atoms with van der Waals surface area (Å²) in [5.74, 6) is 0.854. The van der Waals surface area contributed by atoms with Crippen molar-refractivity contribution in [2.45, 2.75) is 32.2 Å². The summed E-state index contributed by atoms with van der Waals surface area (Å²) in [7, 11) is 3.49. The number of amides is 1. The van der Waals surface area contributed by atoms with Crippen LogP contribution in [-0.4, -0.2) is 37.6 Å². The van der Waals surface area contributed by atoms with Gasteiger partial charge in [0.2, 0.25) is 5.91 Å². The molecule has 0 radical (unpaired) electrons. The molecule has 1 rings (SSSR count). The number of halogens is 1. The van der Waals surface area contributed by atoms with Crippen LogP contribution in [0.1, 0.15) is 25.3 Å². The van der Waals surface area contributed by atoms with E-state index < -0.39 is 0 Å². The fraction of sp³-hybridized carbons (Fsp3) is 0.533. The number of hydrogen-bond acceptors (Lipinski definition) is 3. The average molecular weight is 343 g/mol. The van der Waals surface area contributed by atoms with Crippen molar-refractivity contribution in [2.75, 3.05) is 20.7 Å². The van der Waals surface area contributed by atoms with Gasteiger partial charge in [0.15, 0.2) is 0 Å². The number of hydrogen-bond donors (Lipinski definition) is 1. The van der Waals surface area contributed by atoms with Gasteiger partial charge in [0, 0.05) is 20.1 Å². The van der Waals surface area contributed by atoms with E-state index >= 15 is 0 Å². The summed E-state index contributed by atoms with van der Waals surface area (Å²) < 4.78 is 6.68. The Kier molecular flexibility index (Phi) is 7.02. The third-order valence-corrected chi connectivity index (χ3v) is 3.74. The summed E-state index contributed by atoms with van der Waals surface area (Å²) in [5.41, 5.74) is 7.08. The Labute approximate surface area is 129 Å². The molecule has 4 nitrogen and oxygen atoms in total. The zero-order valence-electron chi connectivity index (χ0n) is 12.4. The Morgan fingerprint density at radius 1 is 1.45 bits per heavy atom. The number of benzene rings is 1. The van der Waals surface area contributed by atoms with E-state index in [0.29, 0.717) is 13.0 Å². The maximum atomic E-state index is 11.5. The minimum Gasteiger partial charge on any atom is -0.492 e. The molecule has 1 unspecified atom stereocenters. The zero-order valence-corrected chi connectivity index (χ0v) is 13.9. The first-order valence-corrected chi connectivity index (χ1v) is 7.60. The summed E-state index contributed by atoms with van der Waals surface area (Å²) >= 11 is 3.49. The second kappa shape index (κ2) is 8.27. The molecule has 0 spiro atoms. The summed E-state index contributed by atoms with van der Waals surface area (Å²) in [6, 6.07) is 6.04. The van der Waals surface area contributed by atoms with E-state index in [4.69, 9.17) is 10.5 Å². The lowest BCUT2D eigenvalue weighted by Crippen LogP contribution is -2.24. The van der Waals surface area contributed by atoms with Gasteiger partial charge in [0.1, 0.15) is 5.75 Å². The standard InChI is InChI=1S/C15H23BrN2O2/c1-4-12(17)10-11-6-5-7-13(16)15(11)20-9-8-14(19)18(2)3/h5-7,12H,4,8-10,17H2,1-3H3. The third kappa shape index (κ3) is 5.13. The molecule has 5 heteroatoms. The maximum absolute atomic E-state index is 11.5. The van der Waals surface area contributed by atoms with Crippen molar-refractivity contribution in [3.05, 3.63) is 28.2 Å². The predicted octanol–water partition coefficient (Wildman–Crippen LogP) is 2.59. The lowest BCUT2D eigenvalue weighted by Gasteiger charge is -2.16. The summed E-state index contributed by atoms with van der Waals surface area (Å²) in [6.07, 6.45) is 2.06. The second-order valence-electron chi connectivity index (χ2n) is 4.99. The van der Waals surface area contributed by atoms with Gasteiger partial charge in [-0.15, -0.1) is 0 Å². The van der Waals surface area contributed by atoms with Gasteiger partial charge in [-0.25, -0.2) is 0 Å². The third-order valence-electron chi connectivity index (χ3n) is 3.12. The molecule has 0 saturated carbocycles. The number of carbonyl (C=O) groups excluding carboxylic acids is 1. The fourth-order valence-corrected chi connectivity index (χ4v) is 2.29. The first kappa shape index (κ1) is 17.0. The minimum absolute atomic E-state index is 0.0591. The molecular weight excluding hydrogens is 320 g/mol. The fourth-order valence-electron chi connectivity index (χ4n) is 1.77. The average Bonchev–Trinajstić information content (AvgIpc) is 2.41. The van der Waals surface area contributed by atoms with Crippen molar-refractivity contribution >= 4 is 21.8 Å². The predicted molar refractivity (Wildman–Crippen MR) is 84.9 cm³/mol. The van der Waals surface area contributed by atoms with Crippen LogP contribution in [0.2, 0.25) is 0 Å². The van der Waals surface area contributed by atoms with Crippen LogP contribution in [0.15, 0.2) is 22.7 Å². The number of rotatable bonds is 7. The quantitative estimate of drug-likeness (QED) is 0.828. The van der Waals surface area contributed by atoms with Crippen molar-refractivity contribution in [2.24, 2.45) is 5.73 Å². The van der Waals surface area contributed by atoms with Crippen molar-refractivity contribution in [3.63, 3.8) is 0 Å². The van der Waals surface area contributed by atoms with Crippen LogP contribution in [0.4, 0.5) is 0 Å². The van der Waals surface area contributed by atoms with Crippen molar-refractivity contribution in [1.29, 1.82) is 0 Å². The maximum Gasteiger partial charge on any atom is 0.225 e. The molecule has 2 N–H and O–H groups in total. The van der Waals surface area contributed by atoms with Crippen molar-refractivity contribution in [3.8, 4) is 5.75 Å². The number of para-hydroxylation sites is 1. The van der Waals surface area contributed by atoms with Crippen molar-refractivity contribution < 1.29 is 9.53 Å². The molecule has 0 aliphatic rings. The Bertz CT molecular complexity index is 449. The van der Waals surface area contributed by atoms with Crippen LogP contribution in [0, 0.1) is 0 Å². The van der Waals surface area contributed by atoms with Gasteiger partial charge in [-0.2, -0.15) is 0 Å². The molecule has 0 aliphatic heterocycles. The smallest absolute Gasteiger partial charge is 0.225 e. The molecule has 0 saturated heterocycles. The highest BCUT2D eigenvalue weighted by Gasteiger charge is 2.12. The summed E-state index contributed by atoms with van der Waals surface area (Å²) in [5, 5.41) is 0. The Morgan fingerprint density at radius 2 is 2.15 bits per heavy atom. The van der Waals surface area contributed by atoms with Crippen LogP contribution in [0.3, 0.4) is 0 Å². The van der Waals surface area contributed by atoms with E-state index in [2.05, 4.69) is 22.9 Å². The lowest BCUT2D eigenvalue weighted by atomic mass is 10.0. The highest BCUT2D eigenvalue weighted by atomic mass is 79.9. The molecule has 112 valence electrons. The molecule has 0 heterocycles. The first-order valence-electron chi connectivity index (χ1n) is 6.81.